The number of unbranched alkanes of at least 4 members (excludes halogenated alkanes) is 2. The standard InChI is InChI=1S/C22H32N2O6.C17H20N2O6/c1-3-29-21(27)13-15-24(16-18(2)25)20(26)12-8-5-9-14-23-22(28)30-17-19-10-6-4-7-11-19;1-2-24-16(22)13-9-19(10-14(13)20)15(21)8-18-17(23)25-11-12-6-4-3-5-7-12/h4,6-7,10-11H,3,5,8-9,12-17H2,1-2H3,(H,23,28);3-7,13H,2,8-11H2,1H3,(H,18,23). The Labute approximate surface area is 321 Å². The lowest BCUT2D eigenvalue weighted by Crippen LogP contribution is -2.39. The van der Waals surface area contributed by atoms with Crippen molar-refractivity contribution in [3.8, 4) is 0 Å². The van der Waals surface area contributed by atoms with E-state index in [1.807, 2.05) is 60.7 Å². The predicted molar refractivity (Wildman–Crippen MR) is 198 cm³/mol. The molecule has 4 amide bonds. The molecule has 2 N–H and O–H groups in total. The van der Waals surface area contributed by atoms with E-state index in [9.17, 15) is 38.4 Å². The van der Waals surface area contributed by atoms with E-state index < -0.39 is 30.0 Å². The second-order valence-corrected chi connectivity index (χ2v) is 12.3. The van der Waals surface area contributed by atoms with Crippen LogP contribution in [-0.2, 0) is 60.9 Å². The maximum atomic E-state index is 12.3. The van der Waals surface area contributed by atoms with Crippen LogP contribution in [-0.4, -0.2) is 110 Å². The molecule has 0 spiro atoms. The van der Waals surface area contributed by atoms with Crippen LogP contribution in [0.15, 0.2) is 60.7 Å². The van der Waals surface area contributed by atoms with Crippen molar-refractivity contribution in [3.05, 3.63) is 71.8 Å². The van der Waals surface area contributed by atoms with Crippen molar-refractivity contribution in [1.29, 1.82) is 0 Å². The summed E-state index contributed by atoms with van der Waals surface area (Å²) < 4.78 is 19.8. The smallest absolute Gasteiger partial charge is 0.407 e. The van der Waals surface area contributed by atoms with Gasteiger partial charge in [0.05, 0.1) is 32.7 Å². The molecule has 1 aliphatic heterocycles. The van der Waals surface area contributed by atoms with Crippen LogP contribution in [0.4, 0.5) is 9.59 Å². The number of likely N-dealkylation sites (tertiary alicyclic amines) is 1. The van der Waals surface area contributed by atoms with E-state index in [4.69, 9.17) is 18.9 Å². The quantitative estimate of drug-likeness (QED) is 0.0862. The Hall–Kier alpha value is -5.80. The van der Waals surface area contributed by atoms with Crippen LogP contribution in [0.25, 0.3) is 0 Å². The Bertz CT molecular complexity index is 1550. The molecule has 0 aliphatic carbocycles. The number of benzene rings is 2. The van der Waals surface area contributed by atoms with Gasteiger partial charge in [0.25, 0.3) is 0 Å². The molecule has 300 valence electrons. The average molecular weight is 769 g/mol. The number of carbonyl (C=O) groups excluding carboxylic acids is 8. The first-order chi connectivity index (χ1) is 26.4. The highest BCUT2D eigenvalue weighted by atomic mass is 16.6. The molecule has 16 nitrogen and oxygen atoms in total. The lowest BCUT2D eigenvalue weighted by Gasteiger charge is -2.21. The van der Waals surface area contributed by atoms with Gasteiger partial charge in [0.15, 0.2) is 5.78 Å². The van der Waals surface area contributed by atoms with Crippen LogP contribution < -0.4 is 10.6 Å². The van der Waals surface area contributed by atoms with Crippen molar-refractivity contribution in [3.63, 3.8) is 0 Å². The van der Waals surface area contributed by atoms with Gasteiger partial charge >= 0.3 is 24.1 Å². The number of carbonyl (C=O) groups is 8. The Morgan fingerprint density at radius 2 is 1.33 bits per heavy atom. The van der Waals surface area contributed by atoms with Gasteiger partial charge in [0, 0.05) is 26.1 Å². The Balaban J connectivity index is 0.000000386. The summed E-state index contributed by atoms with van der Waals surface area (Å²) in [5, 5.41) is 5.02. The summed E-state index contributed by atoms with van der Waals surface area (Å²) in [5.41, 5.74) is 1.75. The molecule has 1 saturated heterocycles. The average Bonchev–Trinajstić information content (AvgIpc) is 3.57. The van der Waals surface area contributed by atoms with Gasteiger partial charge in [0.2, 0.25) is 11.8 Å². The summed E-state index contributed by atoms with van der Waals surface area (Å²) in [6, 6.07) is 18.5. The molecule has 55 heavy (non-hydrogen) atoms. The van der Waals surface area contributed by atoms with Gasteiger partial charge in [-0.15, -0.1) is 0 Å². The van der Waals surface area contributed by atoms with E-state index in [1.165, 1.54) is 16.7 Å². The second-order valence-electron chi connectivity index (χ2n) is 12.3. The van der Waals surface area contributed by atoms with E-state index in [-0.39, 0.29) is 95.4 Å². The van der Waals surface area contributed by atoms with Crippen LogP contribution in [0.5, 0.6) is 0 Å². The number of amides is 4. The molecule has 16 heteroatoms. The molecule has 0 radical (unpaired) electrons. The summed E-state index contributed by atoms with van der Waals surface area (Å²) in [5.74, 6) is -3.08. The van der Waals surface area contributed by atoms with Crippen molar-refractivity contribution in [2.75, 3.05) is 52.5 Å². The van der Waals surface area contributed by atoms with Gasteiger partial charge < -0.3 is 39.4 Å². The lowest BCUT2D eigenvalue weighted by molar-refractivity contribution is -0.150. The van der Waals surface area contributed by atoms with E-state index >= 15 is 0 Å². The number of rotatable bonds is 20. The maximum absolute atomic E-state index is 12.3. The van der Waals surface area contributed by atoms with Crippen molar-refractivity contribution in [2.24, 2.45) is 5.92 Å². The van der Waals surface area contributed by atoms with Gasteiger partial charge in [-0.05, 0) is 44.7 Å². The number of Topliss-reactive ketones (excluding diaryl/α,β-unsaturated/α-hetero) is 2. The number of alkyl carbamates (subject to hydrolysis) is 2. The lowest BCUT2D eigenvalue weighted by atomic mass is 10.1. The molecule has 0 saturated carbocycles. The number of hydrogen-bond acceptors (Lipinski definition) is 12. The van der Waals surface area contributed by atoms with Crippen LogP contribution in [0.1, 0.15) is 64.0 Å². The molecule has 3 rings (SSSR count). The molecular weight excluding hydrogens is 716 g/mol. The predicted octanol–water partition coefficient (Wildman–Crippen LogP) is 3.35. The first-order valence-electron chi connectivity index (χ1n) is 18.2. The highest BCUT2D eigenvalue weighted by Gasteiger charge is 2.39. The summed E-state index contributed by atoms with van der Waals surface area (Å²) >= 11 is 0. The minimum Gasteiger partial charge on any atom is -0.466 e. The summed E-state index contributed by atoms with van der Waals surface area (Å²) in [6.07, 6.45) is 1.25. The number of ether oxygens (including phenoxy) is 4. The first kappa shape index (κ1) is 45.4. The van der Waals surface area contributed by atoms with E-state index in [0.29, 0.717) is 19.4 Å². The fourth-order valence-corrected chi connectivity index (χ4v) is 5.08. The fraction of sp³-hybridized carbons (Fsp3) is 0.487. The number of hydrogen-bond donors (Lipinski definition) is 2. The number of ketones is 2. The molecule has 2 aromatic rings. The zero-order valence-electron chi connectivity index (χ0n) is 31.8. The molecule has 1 aliphatic rings. The van der Waals surface area contributed by atoms with Gasteiger partial charge in [-0.25, -0.2) is 9.59 Å². The van der Waals surface area contributed by atoms with Crippen LogP contribution in [0.3, 0.4) is 0 Å². The van der Waals surface area contributed by atoms with Crippen LogP contribution in [0, 0.1) is 5.92 Å². The monoisotopic (exact) mass is 768 g/mol. The zero-order chi connectivity index (χ0) is 40.4. The summed E-state index contributed by atoms with van der Waals surface area (Å²) in [6.45, 7) is 5.66. The van der Waals surface area contributed by atoms with Gasteiger partial charge in [0.1, 0.15) is 31.5 Å². The molecule has 1 heterocycles. The summed E-state index contributed by atoms with van der Waals surface area (Å²) in [7, 11) is 0. The molecule has 2 aromatic carbocycles. The fourth-order valence-electron chi connectivity index (χ4n) is 5.08. The normalized spacial score (nSPS) is 13.0. The van der Waals surface area contributed by atoms with Gasteiger partial charge in [-0.1, -0.05) is 67.1 Å². The van der Waals surface area contributed by atoms with Crippen LogP contribution in [0.2, 0.25) is 0 Å². The zero-order valence-corrected chi connectivity index (χ0v) is 31.8. The maximum Gasteiger partial charge on any atom is 0.407 e. The van der Waals surface area contributed by atoms with Crippen molar-refractivity contribution in [2.45, 2.75) is 66.1 Å². The van der Waals surface area contributed by atoms with Gasteiger partial charge in [-0.3, -0.25) is 28.8 Å². The van der Waals surface area contributed by atoms with Crippen molar-refractivity contribution in [1.82, 2.24) is 20.4 Å². The highest BCUT2D eigenvalue weighted by Crippen LogP contribution is 2.14. The number of esters is 2. The van der Waals surface area contributed by atoms with E-state index in [2.05, 4.69) is 10.6 Å². The van der Waals surface area contributed by atoms with Gasteiger partial charge in [-0.2, -0.15) is 0 Å². The molecule has 1 atom stereocenters. The molecule has 0 bridgehead atoms. The Morgan fingerprint density at radius 1 is 0.745 bits per heavy atom. The molecular formula is C39H52N4O12. The van der Waals surface area contributed by atoms with Crippen LogP contribution >= 0.6 is 0 Å². The number of nitrogens with one attached hydrogen (secondary N) is 2. The summed E-state index contributed by atoms with van der Waals surface area (Å²) in [4.78, 5) is 96.6. The third-order valence-corrected chi connectivity index (χ3v) is 7.87. The third kappa shape index (κ3) is 19.2. The van der Waals surface area contributed by atoms with E-state index in [0.717, 1.165) is 17.5 Å². The second kappa shape index (κ2) is 26.1. The Morgan fingerprint density at radius 3 is 1.89 bits per heavy atom. The molecule has 1 fully saturated rings. The third-order valence-electron chi connectivity index (χ3n) is 7.87. The Kier molecular flexibility index (Phi) is 21.5. The minimum atomic E-state index is -0.950. The highest BCUT2D eigenvalue weighted by molar-refractivity contribution is 6.04. The largest absolute Gasteiger partial charge is 0.466 e. The van der Waals surface area contributed by atoms with Crippen molar-refractivity contribution >= 4 is 47.5 Å². The number of nitrogens with zero attached hydrogens (tertiary/aromatic N) is 2. The topological polar surface area (TPSA) is 204 Å². The molecule has 1 unspecified atom stereocenters. The minimum absolute atomic E-state index is 0.00690. The first-order valence-corrected chi connectivity index (χ1v) is 18.2. The SMILES string of the molecule is CCOC(=O)C1CN(C(=O)CNC(=O)OCc2ccccc2)CC1=O.CCOC(=O)CCN(CC(C)=O)C(=O)CCCCCNC(=O)OCc1ccccc1. The molecule has 0 aromatic heterocycles. The van der Waals surface area contributed by atoms with Crippen molar-refractivity contribution < 1.29 is 57.3 Å². The van der Waals surface area contributed by atoms with E-state index in [1.54, 1.807) is 13.8 Å².